The minimum absolute atomic E-state index is 1.36. The molecular formula is C2H6AlO3P. The van der Waals surface area contributed by atoms with Crippen LogP contribution < -0.4 is 0 Å². The van der Waals surface area contributed by atoms with E-state index in [0.29, 0.717) is 0 Å². The fourth-order valence-electron chi connectivity index (χ4n) is 0.547. The zero-order chi connectivity index (χ0) is 5.49. The molecule has 0 saturated carbocycles. The van der Waals surface area contributed by atoms with Crippen LogP contribution in [0.25, 0.3) is 0 Å². The van der Waals surface area contributed by atoms with Crippen molar-refractivity contribution >= 4 is 22.4 Å². The number of rotatable bonds is 0. The lowest BCUT2D eigenvalue weighted by Crippen LogP contribution is -2.26. The SMILES string of the molecule is [CH3][Al]1[O]P(C)(=O)[O]1. The summed E-state index contributed by atoms with van der Waals surface area (Å²) in [5.74, 6) is 1.85. The van der Waals surface area contributed by atoms with Crippen LogP contribution >= 0.6 is 7.60 Å². The van der Waals surface area contributed by atoms with Crippen LogP contribution in [0.2, 0.25) is 5.79 Å². The minimum atomic E-state index is -2.46. The van der Waals surface area contributed by atoms with E-state index in [1.807, 2.05) is 5.79 Å². The molecular weight excluding hydrogens is 130 g/mol. The van der Waals surface area contributed by atoms with Crippen LogP contribution in [-0.2, 0) is 11.7 Å². The molecule has 0 unspecified atom stereocenters. The van der Waals surface area contributed by atoms with Gasteiger partial charge < -0.3 is 7.15 Å². The lowest BCUT2D eigenvalue weighted by atomic mass is 11.9. The van der Waals surface area contributed by atoms with Crippen molar-refractivity contribution in [3.05, 3.63) is 0 Å². The molecule has 0 radical (unpaired) electrons. The molecule has 0 spiro atoms. The molecule has 1 saturated heterocycles. The van der Waals surface area contributed by atoms with Crippen LogP contribution in [0.3, 0.4) is 0 Å². The normalized spacial score (nSPS) is 26.9. The van der Waals surface area contributed by atoms with Gasteiger partial charge in [0.05, 0.1) is 0 Å². The first-order chi connectivity index (χ1) is 3.10. The largest absolute Gasteiger partial charge is 0.684 e. The van der Waals surface area contributed by atoms with Gasteiger partial charge in [0.15, 0.2) is 0 Å². The Balaban J connectivity index is 2.44. The van der Waals surface area contributed by atoms with Crippen LogP contribution in [-0.4, -0.2) is 21.5 Å². The molecule has 0 aliphatic carbocycles. The molecule has 0 N–H and O–H groups in total. The molecule has 0 aromatic heterocycles. The van der Waals surface area contributed by atoms with Gasteiger partial charge in [-0.25, -0.2) is 0 Å². The highest BCUT2D eigenvalue weighted by molar-refractivity contribution is 7.58. The van der Waals surface area contributed by atoms with E-state index in [0.717, 1.165) is 0 Å². The molecule has 1 heterocycles. The summed E-state index contributed by atoms with van der Waals surface area (Å²) in [5, 5.41) is 0. The average Bonchev–Trinajstić information content (AvgIpc) is 1.27. The molecule has 7 heavy (non-hydrogen) atoms. The predicted molar refractivity (Wildman–Crippen MR) is 27.3 cm³/mol. The van der Waals surface area contributed by atoms with E-state index in [1.165, 1.54) is 6.66 Å². The van der Waals surface area contributed by atoms with Crippen molar-refractivity contribution < 1.29 is 11.7 Å². The Labute approximate surface area is 47.2 Å². The summed E-state index contributed by atoms with van der Waals surface area (Å²) in [6.07, 6.45) is 0. The molecule has 40 valence electrons. The minimum Gasteiger partial charge on any atom is -0.411 e. The second kappa shape index (κ2) is 1.58. The zero-order valence-corrected chi connectivity index (χ0v) is 6.30. The molecule has 1 fully saturated rings. The summed E-state index contributed by atoms with van der Waals surface area (Å²) >= 11 is -1.36. The monoisotopic (exact) mass is 136 g/mol. The summed E-state index contributed by atoms with van der Waals surface area (Å²) in [4.78, 5) is 0. The molecule has 0 bridgehead atoms. The van der Waals surface area contributed by atoms with Gasteiger partial charge in [-0.3, -0.25) is 4.57 Å². The van der Waals surface area contributed by atoms with Gasteiger partial charge in [-0.15, -0.1) is 0 Å². The maximum Gasteiger partial charge on any atom is 0.684 e. The summed E-state index contributed by atoms with van der Waals surface area (Å²) in [6, 6.07) is 0. The number of hydrogen-bond acceptors (Lipinski definition) is 3. The van der Waals surface area contributed by atoms with Gasteiger partial charge in [0.25, 0.3) is 7.60 Å². The van der Waals surface area contributed by atoms with E-state index in [9.17, 15) is 4.57 Å². The van der Waals surface area contributed by atoms with Crippen molar-refractivity contribution in [2.24, 2.45) is 0 Å². The van der Waals surface area contributed by atoms with Crippen LogP contribution in [0.1, 0.15) is 0 Å². The molecule has 0 aromatic rings. The highest BCUT2D eigenvalue weighted by Gasteiger charge is 2.41. The maximum atomic E-state index is 10.5. The fraction of sp³-hybridized carbons (Fsp3) is 1.00. The lowest BCUT2D eigenvalue weighted by Gasteiger charge is -2.27. The molecule has 1 aliphatic heterocycles. The van der Waals surface area contributed by atoms with E-state index >= 15 is 0 Å². The van der Waals surface area contributed by atoms with Gasteiger partial charge in [-0.2, -0.15) is 0 Å². The van der Waals surface area contributed by atoms with Crippen molar-refractivity contribution in [2.45, 2.75) is 5.79 Å². The first-order valence-electron chi connectivity index (χ1n) is 2.04. The Kier molecular flexibility index (Phi) is 1.31. The third kappa shape index (κ3) is 1.28. The third-order valence-electron chi connectivity index (χ3n) is 0.680. The molecule has 1 aliphatic rings. The van der Waals surface area contributed by atoms with Crippen molar-refractivity contribution in [3.8, 4) is 0 Å². The molecule has 0 amide bonds. The molecule has 3 nitrogen and oxygen atoms in total. The molecule has 1 rings (SSSR count). The summed E-state index contributed by atoms with van der Waals surface area (Å²) in [6.45, 7) is 1.49. The second-order valence-corrected chi connectivity index (χ2v) is 5.91. The first kappa shape index (κ1) is 5.81. The van der Waals surface area contributed by atoms with Crippen molar-refractivity contribution in [1.82, 2.24) is 0 Å². The van der Waals surface area contributed by atoms with E-state index in [4.69, 9.17) is 7.15 Å². The van der Waals surface area contributed by atoms with E-state index < -0.39 is 22.4 Å². The van der Waals surface area contributed by atoms with Gasteiger partial charge in [-0.05, 0) is 0 Å². The van der Waals surface area contributed by atoms with E-state index in [2.05, 4.69) is 0 Å². The fourth-order valence-corrected chi connectivity index (χ4v) is 4.92. The quantitative estimate of drug-likeness (QED) is 0.367. The highest BCUT2D eigenvalue weighted by atomic mass is 31.2. The van der Waals surface area contributed by atoms with Gasteiger partial charge in [0, 0.05) is 6.66 Å². The third-order valence-corrected chi connectivity index (χ3v) is 6.12. The van der Waals surface area contributed by atoms with Crippen LogP contribution in [0, 0.1) is 0 Å². The van der Waals surface area contributed by atoms with Crippen molar-refractivity contribution in [1.29, 1.82) is 0 Å². The Morgan fingerprint density at radius 1 is 1.57 bits per heavy atom. The van der Waals surface area contributed by atoms with Crippen LogP contribution in [0.5, 0.6) is 0 Å². The Bertz CT molecular complexity index is 114. The molecule has 0 aromatic carbocycles. The topological polar surface area (TPSA) is 35.5 Å². The zero-order valence-electron chi connectivity index (χ0n) is 4.25. The smallest absolute Gasteiger partial charge is 0.411 e. The summed E-state index contributed by atoms with van der Waals surface area (Å²) in [7, 11) is -2.46. The Morgan fingerprint density at radius 3 is 2.00 bits per heavy atom. The lowest BCUT2D eigenvalue weighted by molar-refractivity contribution is 0.289. The van der Waals surface area contributed by atoms with Crippen LogP contribution in [0.4, 0.5) is 0 Å². The van der Waals surface area contributed by atoms with E-state index in [1.54, 1.807) is 0 Å². The Morgan fingerprint density at radius 2 is 2.00 bits per heavy atom. The van der Waals surface area contributed by atoms with E-state index in [-0.39, 0.29) is 0 Å². The Hall–Kier alpha value is 0.682. The van der Waals surface area contributed by atoms with Crippen molar-refractivity contribution in [3.63, 3.8) is 0 Å². The predicted octanol–water partition coefficient (Wildman–Crippen LogP) is 0.974. The first-order valence-corrected chi connectivity index (χ1v) is 6.13. The number of hydrogen-bond donors (Lipinski definition) is 0. The van der Waals surface area contributed by atoms with Crippen molar-refractivity contribution in [2.75, 3.05) is 6.66 Å². The van der Waals surface area contributed by atoms with Crippen LogP contribution in [0.15, 0.2) is 0 Å². The highest BCUT2D eigenvalue weighted by Crippen LogP contribution is 2.53. The van der Waals surface area contributed by atoms with Gasteiger partial charge in [-0.1, -0.05) is 5.79 Å². The molecule has 0 atom stereocenters. The average molecular weight is 136 g/mol. The van der Waals surface area contributed by atoms with Gasteiger partial charge in [0.2, 0.25) is 0 Å². The second-order valence-electron chi connectivity index (χ2n) is 1.55. The summed E-state index contributed by atoms with van der Waals surface area (Å²) < 4.78 is 20.1. The van der Waals surface area contributed by atoms with Gasteiger partial charge >= 0.3 is 14.8 Å². The van der Waals surface area contributed by atoms with Gasteiger partial charge in [0.1, 0.15) is 0 Å². The summed E-state index contributed by atoms with van der Waals surface area (Å²) in [5.41, 5.74) is 0. The standard InChI is InChI=1S/CH5O3P.CH3.Al/c1-5(2,3)4;;/h1H3,(H2,2,3,4);1H3;/q;;+2/p-2. The molecule has 5 heteroatoms. The maximum absolute atomic E-state index is 10.5.